The molecule has 0 aromatic carbocycles. The summed E-state index contributed by atoms with van der Waals surface area (Å²) < 4.78 is 3.76. The van der Waals surface area contributed by atoms with Gasteiger partial charge in [0.1, 0.15) is 0 Å². The molecule has 2 aromatic rings. The average Bonchev–Trinajstić information content (AvgIpc) is 3.18. The third-order valence-corrected chi connectivity index (χ3v) is 4.61. The Morgan fingerprint density at radius 1 is 1.43 bits per heavy atom. The predicted molar refractivity (Wildman–Crippen MR) is 87.9 cm³/mol. The molecule has 0 unspecified atom stereocenters. The molecule has 6 nitrogen and oxygen atoms in total. The molecule has 1 amide bonds. The first-order chi connectivity index (χ1) is 11.0. The first-order valence-electron chi connectivity index (χ1n) is 8.26. The Balaban J connectivity index is 1.71. The molecule has 2 atom stereocenters. The SMILES string of the molecule is Cc1cc(C)n([C@@H](C)CC(=O)N2CCC[C@@H]2c2cnn(C)c2)n1. The van der Waals surface area contributed by atoms with Gasteiger partial charge in [-0.25, -0.2) is 0 Å². The Bertz CT molecular complexity index is 702. The van der Waals surface area contributed by atoms with E-state index in [4.69, 9.17) is 0 Å². The van der Waals surface area contributed by atoms with Crippen molar-refractivity contribution in [2.45, 2.75) is 52.1 Å². The van der Waals surface area contributed by atoms with Crippen molar-refractivity contribution in [3.05, 3.63) is 35.4 Å². The zero-order valence-electron chi connectivity index (χ0n) is 14.4. The third kappa shape index (κ3) is 3.16. The highest BCUT2D eigenvalue weighted by Gasteiger charge is 2.31. The lowest BCUT2D eigenvalue weighted by atomic mass is 10.1. The van der Waals surface area contributed by atoms with Crippen LogP contribution in [0.15, 0.2) is 18.5 Å². The Morgan fingerprint density at radius 3 is 2.83 bits per heavy atom. The molecule has 3 rings (SSSR count). The maximum absolute atomic E-state index is 12.8. The molecule has 0 aliphatic carbocycles. The molecule has 0 spiro atoms. The molecule has 1 saturated heterocycles. The first-order valence-corrected chi connectivity index (χ1v) is 8.26. The Hall–Kier alpha value is -2.11. The summed E-state index contributed by atoms with van der Waals surface area (Å²) in [5, 5.41) is 8.75. The van der Waals surface area contributed by atoms with Crippen molar-refractivity contribution >= 4 is 5.91 Å². The maximum Gasteiger partial charge on any atom is 0.225 e. The lowest BCUT2D eigenvalue weighted by Gasteiger charge is -2.25. The lowest BCUT2D eigenvalue weighted by molar-refractivity contribution is -0.133. The van der Waals surface area contributed by atoms with Crippen LogP contribution < -0.4 is 0 Å². The van der Waals surface area contributed by atoms with Gasteiger partial charge in [-0.05, 0) is 39.7 Å². The minimum atomic E-state index is 0.0753. The minimum Gasteiger partial charge on any atom is -0.335 e. The number of rotatable bonds is 4. The number of carbonyl (C=O) groups is 1. The molecule has 0 bridgehead atoms. The van der Waals surface area contributed by atoms with Crippen LogP contribution in [0.1, 0.15) is 55.2 Å². The van der Waals surface area contributed by atoms with Crippen molar-refractivity contribution in [3.8, 4) is 0 Å². The molecule has 6 heteroatoms. The Labute approximate surface area is 137 Å². The largest absolute Gasteiger partial charge is 0.335 e. The van der Waals surface area contributed by atoms with Gasteiger partial charge in [-0.2, -0.15) is 10.2 Å². The van der Waals surface area contributed by atoms with E-state index < -0.39 is 0 Å². The first kappa shape index (κ1) is 15.8. The van der Waals surface area contributed by atoms with Crippen LogP contribution in [0, 0.1) is 13.8 Å². The molecule has 1 fully saturated rings. The van der Waals surface area contributed by atoms with E-state index in [9.17, 15) is 4.79 Å². The van der Waals surface area contributed by atoms with Gasteiger partial charge in [0.2, 0.25) is 5.91 Å². The van der Waals surface area contributed by atoms with Crippen LogP contribution in [0.4, 0.5) is 0 Å². The average molecular weight is 315 g/mol. The van der Waals surface area contributed by atoms with Crippen LogP contribution >= 0.6 is 0 Å². The van der Waals surface area contributed by atoms with E-state index in [1.165, 1.54) is 0 Å². The second kappa shape index (κ2) is 6.18. The fraction of sp³-hybridized carbons (Fsp3) is 0.588. The summed E-state index contributed by atoms with van der Waals surface area (Å²) in [6, 6.07) is 2.30. The third-order valence-electron chi connectivity index (χ3n) is 4.61. The second-order valence-electron chi connectivity index (χ2n) is 6.62. The zero-order chi connectivity index (χ0) is 16.6. The van der Waals surface area contributed by atoms with Gasteiger partial charge in [0.25, 0.3) is 0 Å². The molecule has 0 saturated carbocycles. The van der Waals surface area contributed by atoms with Crippen molar-refractivity contribution in [1.82, 2.24) is 24.5 Å². The van der Waals surface area contributed by atoms with Crippen molar-refractivity contribution in [1.29, 1.82) is 0 Å². The summed E-state index contributed by atoms with van der Waals surface area (Å²) in [6.45, 7) is 6.92. The van der Waals surface area contributed by atoms with Crippen LogP contribution in [0.2, 0.25) is 0 Å². The van der Waals surface area contributed by atoms with Crippen molar-refractivity contribution in [2.24, 2.45) is 7.05 Å². The Morgan fingerprint density at radius 2 is 2.22 bits per heavy atom. The monoisotopic (exact) mass is 315 g/mol. The van der Waals surface area contributed by atoms with Crippen LogP contribution in [-0.2, 0) is 11.8 Å². The van der Waals surface area contributed by atoms with Crippen molar-refractivity contribution in [2.75, 3.05) is 6.54 Å². The maximum atomic E-state index is 12.8. The smallest absolute Gasteiger partial charge is 0.225 e. The lowest BCUT2D eigenvalue weighted by Crippen LogP contribution is -2.32. The summed E-state index contributed by atoms with van der Waals surface area (Å²) in [6.07, 6.45) is 6.45. The van der Waals surface area contributed by atoms with Crippen molar-refractivity contribution < 1.29 is 4.79 Å². The van der Waals surface area contributed by atoms with Gasteiger partial charge in [0.05, 0.1) is 24.0 Å². The second-order valence-corrected chi connectivity index (χ2v) is 6.62. The van der Waals surface area contributed by atoms with Gasteiger partial charge in [-0.3, -0.25) is 14.2 Å². The summed E-state index contributed by atoms with van der Waals surface area (Å²) in [5.41, 5.74) is 3.24. The number of amides is 1. The number of hydrogen-bond donors (Lipinski definition) is 0. The van der Waals surface area contributed by atoms with Gasteiger partial charge >= 0.3 is 0 Å². The van der Waals surface area contributed by atoms with Gasteiger partial charge < -0.3 is 4.90 Å². The Kier molecular flexibility index (Phi) is 4.24. The number of aromatic nitrogens is 4. The fourth-order valence-corrected chi connectivity index (χ4v) is 3.57. The molecule has 0 radical (unpaired) electrons. The quantitative estimate of drug-likeness (QED) is 0.871. The summed E-state index contributed by atoms with van der Waals surface area (Å²) >= 11 is 0. The summed E-state index contributed by atoms with van der Waals surface area (Å²) in [7, 11) is 1.91. The van der Waals surface area contributed by atoms with Crippen LogP contribution in [-0.4, -0.2) is 36.9 Å². The van der Waals surface area contributed by atoms with Crippen molar-refractivity contribution in [3.63, 3.8) is 0 Å². The van der Waals surface area contributed by atoms with Crippen LogP contribution in [0.25, 0.3) is 0 Å². The fourth-order valence-electron chi connectivity index (χ4n) is 3.57. The van der Waals surface area contributed by atoms with Gasteiger partial charge in [-0.15, -0.1) is 0 Å². The van der Waals surface area contributed by atoms with E-state index in [1.807, 2.05) is 42.9 Å². The van der Waals surface area contributed by atoms with E-state index in [1.54, 1.807) is 4.68 Å². The number of carbonyl (C=O) groups excluding carboxylic acids is 1. The highest BCUT2D eigenvalue weighted by Crippen LogP contribution is 2.32. The summed E-state index contributed by atoms with van der Waals surface area (Å²) in [5.74, 6) is 0.205. The molecule has 3 heterocycles. The molecule has 2 aromatic heterocycles. The minimum absolute atomic E-state index is 0.0753. The molecule has 23 heavy (non-hydrogen) atoms. The molecule has 1 aliphatic heterocycles. The number of hydrogen-bond acceptors (Lipinski definition) is 3. The van der Waals surface area contributed by atoms with E-state index in [-0.39, 0.29) is 18.0 Å². The van der Waals surface area contributed by atoms with Gasteiger partial charge in [0, 0.05) is 37.5 Å². The molecular formula is C17H25N5O. The molecule has 0 N–H and O–H groups in total. The highest BCUT2D eigenvalue weighted by molar-refractivity contribution is 5.77. The molecule has 1 aliphatic rings. The zero-order valence-corrected chi connectivity index (χ0v) is 14.4. The number of aryl methyl sites for hydroxylation is 3. The predicted octanol–water partition coefficient (Wildman–Crippen LogP) is 2.55. The summed E-state index contributed by atoms with van der Waals surface area (Å²) in [4.78, 5) is 14.8. The molecular weight excluding hydrogens is 290 g/mol. The van der Waals surface area contributed by atoms with E-state index in [0.29, 0.717) is 6.42 Å². The standard InChI is InChI=1S/C17H25N5O/c1-12-8-13(2)22(19-12)14(3)9-17(23)21-7-5-6-16(21)15-10-18-20(4)11-15/h8,10-11,14,16H,5-7,9H2,1-4H3/t14-,16+/m0/s1. The normalized spacial score (nSPS) is 19.3. The van der Waals surface area contributed by atoms with E-state index >= 15 is 0 Å². The van der Waals surface area contributed by atoms with Gasteiger partial charge in [-0.1, -0.05) is 0 Å². The van der Waals surface area contributed by atoms with Crippen LogP contribution in [0.5, 0.6) is 0 Å². The van der Waals surface area contributed by atoms with Gasteiger partial charge in [0.15, 0.2) is 0 Å². The highest BCUT2D eigenvalue weighted by atomic mass is 16.2. The van der Waals surface area contributed by atoms with E-state index in [0.717, 1.165) is 36.3 Å². The topological polar surface area (TPSA) is 56.0 Å². The number of likely N-dealkylation sites (tertiary alicyclic amines) is 1. The number of nitrogens with zero attached hydrogens (tertiary/aromatic N) is 5. The van der Waals surface area contributed by atoms with Crippen LogP contribution in [0.3, 0.4) is 0 Å². The van der Waals surface area contributed by atoms with E-state index in [2.05, 4.69) is 23.2 Å². The molecule has 124 valence electrons.